The molecule has 0 aromatic rings. The average Bonchev–Trinajstić information content (AvgIpc) is 2.14. The number of hydrogen-bond donors (Lipinski definition) is 1. The van der Waals surface area contributed by atoms with Gasteiger partial charge in [0.1, 0.15) is 6.23 Å². The molecule has 0 spiro atoms. The highest BCUT2D eigenvalue weighted by atomic mass is 16.3. The minimum Gasteiger partial charge on any atom is -0.379 e. The van der Waals surface area contributed by atoms with E-state index in [2.05, 4.69) is 32.6 Å². The van der Waals surface area contributed by atoms with Crippen LogP contribution in [0.25, 0.3) is 0 Å². The molecule has 1 N–H and O–H groups in total. The zero-order chi connectivity index (χ0) is 12.6. The molecule has 98 valence electrons. The standard InChI is InChI=1S/C14H31NO/c1-12(2)8-6-10-15(14(5)16)11-7-9-13(3)4/h12-14,16H,6-11H2,1-5H3. The topological polar surface area (TPSA) is 23.5 Å². The second-order valence-corrected chi connectivity index (χ2v) is 5.74. The molecule has 16 heavy (non-hydrogen) atoms. The van der Waals surface area contributed by atoms with E-state index in [-0.39, 0.29) is 6.23 Å². The Morgan fingerprint density at radius 2 is 1.19 bits per heavy atom. The number of hydrogen-bond acceptors (Lipinski definition) is 2. The molecule has 0 fully saturated rings. The molecular formula is C14H31NO. The summed E-state index contributed by atoms with van der Waals surface area (Å²) in [6, 6.07) is 0. The van der Waals surface area contributed by atoms with Crippen LogP contribution in [0.3, 0.4) is 0 Å². The molecule has 0 rings (SSSR count). The lowest BCUT2D eigenvalue weighted by Gasteiger charge is -2.25. The lowest BCUT2D eigenvalue weighted by molar-refractivity contribution is 0.0154. The van der Waals surface area contributed by atoms with Crippen LogP contribution in [0.15, 0.2) is 0 Å². The molecule has 0 bridgehead atoms. The summed E-state index contributed by atoms with van der Waals surface area (Å²) in [7, 11) is 0. The molecule has 0 aromatic carbocycles. The van der Waals surface area contributed by atoms with Gasteiger partial charge in [-0.3, -0.25) is 4.90 Å². The molecule has 2 heteroatoms. The van der Waals surface area contributed by atoms with E-state index in [1.165, 1.54) is 25.7 Å². The number of rotatable bonds is 9. The molecule has 0 radical (unpaired) electrons. The molecule has 0 aliphatic heterocycles. The van der Waals surface area contributed by atoms with Gasteiger partial charge < -0.3 is 5.11 Å². The summed E-state index contributed by atoms with van der Waals surface area (Å²) in [6.07, 6.45) is 4.62. The number of nitrogens with zero attached hydrogens (tertiary/aromatic N) is 1. The normalized spacial score (nSPS) is 14.1. The fourth-order valence-corrected chi connectivity index (χ4v) is 1.89. The van der Waals surface area contributed by atoms with Gasteiger partial charge in [0.25, 0.3) is 0 Å². The van der Waals surface area contributed by atoms with Gasteiger partial charge >= 0.3 is 0 Å². The minimum absolute atomic E-state index is 0.292. The molecule has 0 aliphatic rings. The summed E-state index contributed by atoms with van der Waals surface area (Å²) in [4.78, 5) is 2.20. The average molecular weight is 229 g/mol. The van der Waals surface area contributed by atoms with Crippen molar-refractivity contribution in [2.24, 2.45) is 11.8 Å². The van der Waals surface area contributed by atoms with Crippen molar-refractivity contribution in [2.75, 3.05) is 13.1 Å². The van der Waals surface area contributed by atoms with Gasteiger partial charge in [-0.25, -0.2) is 0 Å². The Labute approximate surface area is 102 Å². The summed E-state index contributed by atoms with van der Waals surface area (Å²) >= 11 is 0. The Kier molecular flexibility index (Phi) is 8.96. The zero-order valence-corrected chi connectivity index (χ0v) is 11.9. The molecule has 0 amide bonds. The van der Waals surface area contributed by atoms with E-state index in [0.717, 1.165) is 24.9 Å². The molecule has 1 unspecified atom stereocenters. The monoisotopic (exact) mass is 229 g/mol. The third kappa shape index (κ3) is 9.17. The molecule has 0 aromatic heterocycles. The molecule has 0 saturated heterocycles. The predicted molar refractivity (Wildman–Crippen MR) is 71.4 cm³/mol. The maximum atomic E-state index is 9.67. The van der Waals surface area contributed by atoms with Crippen molar-refractivity contribution in [2.45, 2.75) is 66.5 Å². The Morgan fingerprint density at radius 1 is 0.812 bits per heavy atom. The second kappa shape index (κ2) is 9.00. The van der Waals surface area contributed by atoms with Crippen LogP contribution < -0.4 is 0 Å². The van der Waals surface area contributed by atoms with Crippen LogP contribution in [0.2, 0.25) is 0 Å². The van der Waals surface area contributed by atoms with E-state index in [4.69, 9.17) is 0 Å². The summed E-state index contributed by atoms with van der Waals surface area (Å²) in [5, 5.41) is 9.67. The Bertz CT molecular complexity index is 141. The van der Waals surface area contributed by atoms with Crippen LogP contribution in [-0.2, 0) is 0 Å². The lowest BCUT2D eigenvalue weighted by Crippen LogP contribution is -2.34. The number of aliphatic hydroxyl groups excluding tert-OH is 1. The van der Waals surface area contributed by atoms with E-state index < -0.39 is 0 Å². The van der Waals surface area contributed by atoms with E-state index in [0.29, 0.717) is 0 Å². The van der Waals surface area contributed by atoms with E-state index in [1.54, 1.807) is 0 Å². The van der Waals surface area contributed by atoms with Crippen molar-refractivity contribution in [1.82, 2.24) is 4.90 Å². The van der Waals surface area contributed by atoms with Crippen molar-refractivity contribution < 1.29 is 5.11 Å². The van der Waals surface area contributed by atoms with Gasteiger partial charge in [-0.15, -0.1) is 0 Å². The first kappa shape index (κ1) is 15.9. The van der Waals surface area contributed by atoms with Crippen LogP contribution in [0.1, 0.15) is 60.3 Å². The van der Waals surface area contributed by atoms with Crippen LogP contribution >= 0.6 is 0 Å². The highest BCUT2D eigenvalue weighted by molar-refractivity contribution is 4.60. The summed E-state index contributed by atoms with van der Waals surface area (Å²) in [5.74, 6) is 1.54. The highest BCUT2D eigenvalue weighted by Crippen LogP contribution is 2.09. The molecule has 0 aliphatic carbocycles. The Balaban J connectivity index is 3.71. The van der Waals surface area contributed by atoms with Crippen LogP contribution in [0.5, 0.6) is 0 Å². The van der Waals surface area contributed by atoms with Gasteiger partial charge in [0.05, 0.1) is 0 Å². The largest absolute Gasteiger partial charge is 0.379 e. The van der Waals surface area contributed by atoms with Gasteiger partial charge in [-0.1, -0.05) is 27.7 Å². The summed E-state index contributed by atoms with van der Waals surface area (Å²) in [6.45, 7) is 13.0. The van der Waals surface area contributed by atoms with Crippen LogP contribution in [-0.4, -0.2) is 29.3 Å². The fraction of sp³-hybridized carbons (Fsp3) is 1.00. The maximum Gasteiger partial charge on any atom is 0.104 e. The first-order valence-corrected chi connectivity index (χ1v) is 6.85. The van der Waals surface area contributed by atoms with E-state index >= 15 is 0 Å². The maximum absolute atomic E-state index is 9.67. The Hall–Kier alpha value is -0.0800. The van der Waals surface area contributed by atoms with Crippen LogP contribution in [0.4, 0.5) is 0 Å². The summed E-state index contributed by atoms with van der Waals surface area (Å²) in [5.41, 5.74) is 0. The fourth-order valence-electron chi connectivity index (χ4n) is 1.89. The van der Waals surface area contributed by atoms with Crippen molar-refractivity contribution in [1.29, 1.82) is 0 Å². The van der Waals surface area contributed by atoms with Gasteiger partial charge in [-0.2, -0.15) is 0 Å². The summed E-state index contributed by atoms with van der Waals surface area (Å²) < 4.78 is 0. The molecule has 0 heterocycles. The third-order valence-electron chi connectivity index (χ3n) is 2.98. The van der Waals surface area contributed by atoms with Gasteiger partial charge in [-0.05, 0) is 44.4 Å². The zero-order valence-electron chi connectivity index (χ0n) is 11.9. The first-order chi connectivity index (χ1) is 7.43. The molecule has 1 atom stereocenters. The minimum atomic E-state index is -0.292. The van der Waals surface area contributed by atoms with E-state index in [9.17, 15) is 5.11 Å². The highest BCUT2D eigenvalue weighted by Gasteiger charge is 2.10. The van der Waals surface area contributed by atoms with Crippen LogP contribution in [0, 0.1) is 11.8 Å². The number of aliphatic hydroxyl groups is 1. The lowest BCUT2D eigenvalue weighted by atomic mass is 10.1. The van der Waals surface area contributed by atoms with Crippen molar-refractivity contribution >= 4 is 0 Å². The quantitative estimate of drug-likeness (QED) is 0.612. The molecule has 2 nitrogen and oxygen atoms in total. The third-order valence-corrected chi connectivity index (χ3v) is 2.98. The molecular weight excluding hydrogens is 198 g/mol. The van der Waals surface area contributed by atoms with Gasteiger partial charge in [0, 0.05) is 13.1 Å². The van der Waals surface area contributed by atoms with Crippen molar-refractivity contribution in [3.8, 4) is 0 Å². The predicted octanol–water partition coefficient (Wildman–Crippen LogP) is 3.50. The molecule has 0 saturated carbocycles. The SMILES string of the molecule is CC(C)CCCN(CCCC(C)C)C(C)O. The smallest absolute Gasteiger partial charge is 0.104 e. The van der Waals surface area contributed by atoms with Gasteiger partial charge in [0.2, 0.25) is 0 Å². The van der Waals surface area contributed by atoms with E-state index in [1.807, 2.05) is 6.92 Å². The van der Waals surface area contributed by atoms with Crippen molar-refractivity contribution in [3.05, 3.63) is 0 Å². The van der Waals surface area contributed by atoms with Crippen molar-refractivity contribution in [3.63, 3.8) is 0 Å². The Morgan fingerprint density at radius 3 is 1.44 bits per heavy atom. The second-order valence-electron chi connectivity index (χ2n) is 5.74. The van der Waals surface area contributed by atoms with Gasteiger partial charge in [0.15, 0.2) is 0 Å². The first-order valence-electron chi connectivity index (χ1n) is 6.85.